The lowest BCUT2D eigenvalue weighted by Crippen LogP contribution is -2.17. The third-order valence-electron chi connectivity index (χ3n) is 2.98. The molecule has 3 nitrogen and oxygen atoms in total. The molecular formula is C15H17FN2O. The Morgan fingerprint density at radius 1 is 1.26 bits per heavy atom. The molecule has 1 atom stereocenters. The topological polar surface area (TPSA) is 36.4 Å². The van der Waals surface area contributed by atoms with Gasteiger partial charge in [0.05, 0.1) is 6.10 Å². The summed E-state index contributed by atoms with van der Waals surface area (Å²) in [7, 11) is 0. The van der Waals surface area contributed by atoms with Crippen LogP contribution in [-0.2, 0) is 0 Å². The number of hydrogen-bond acceptors (Lipinski definition) is 3. The quantitative estimate of drug-likeness (QED) is 0.915. The maximum Gasteiger partial charge on any atom is 0.133 e. The van der Waals surface area contributed by atoms with Crippen molar-refractivity contribution in [1.29, 1.82) is 0 Å². The molecule has 1 aromatic heterocycles. The minimum atomic E-state index is -0.534. The van der Waals surface area contributed by atoms with E-state index in [0.29, 0.717) is 6.54 Å². The number of halogens is 1. The van der Waals surface area contributed by atoms with Gasteiger partial charge in [0, 0.05) is 18.4 Å². The Morgan fingerprint density at radius 3 is 2.53 bits per heavy atom. The fourth-order valence-corrected chi connectivity index (χ4v) is 1.94. The monoisotopic (exact) mass is 260 g/mol. The van der Waals surface area contributed by atoms with Crippen LogP contribution in [0.25, 0.3) is 0 Å². The van der Waals surface area contributed by atoms with Crippen molar-refractivity contribution in [3.05, 3.63) is 54.0 Å². The Kier molecular flexibility index (Phi) is 4.12. The molecule has 0 bridgehead atoms. The standard InChI is InChI=1S/C15H17FN2O/c1-3-18(14-6-4-13(16)5-7-14)15-10-12(11(2)19)8-9-17-15/h4-11,19H,3H2,1-2H3. The molecule has 1 aromatic carbocycles. The Bertz CT molecular complexity index is 540. The van der Waals surface area contributed by atoms with E-state index in [1.807, 2.05) is 17.9 Å². The highest BCUT2D eigenvalue weighted by Crippen LogP contribution is 2.25. The number of anilines is 2. The molecule has 1 unspecified atom stereocenters. The average Bonchev–Trinajstić information content (AvgIpc) is 2.42. The van der Waals surface area contributed by atoms with Gasteiger partial charge in [-0.15, -0.1) is 0 Å². The zero-order valence-corrected chi connectivity index (χ0v) is 11.0. The van der Waals surface area contributed by atoms with Crippen LogP contribution in [0.2, 0.25) is 0 Å². The molecule has 0 radical (unpaired) electrons. The van der Waals surface area contributed by atoms with Crippen LogP contribution in [-0.4, -0.2) is 16.6 Å². The van der Waals surface area contributed by atoms with Gasteiger partial charge in [-0.2, -0.15) is 0 Å². The number of aliphatic hydroxyl groups is 1. The van der Waals surface area contributed by atoms with Crippen LogP contribution in [0.3, 0.4) is 0 Å². The molecule has 0 fully saturated rings. The van der Waals surface area contributed by atoms with E-state index in [2.05, 4.69) is 4.98 Å². The highest BCUT2D eigenvalue weighted by atomic mass is 19.1. The van der Waals surface area contributed by atoms with Gasteiger partial charge in [0.2, 0.25) is 0 Å². The minimum absolute atomic E-state index is 0.259. The summed E-state index contributed by atoms with van der Waals surface area (Å²) in [5, 5.41) is 9.61. The number of aromatic nitrogens is 1. The molecule has 4 heteroatoms. The number of rotatable bonds is 4. The Hall–Kier alpha value is -1.94. The molecule has 2 rings (SSSR count). The smallest absolute Gasteiger partial charge is 0.133 e. The van der Waals surface area contributed by atoms with Gasteiger partial charge in [-0.3, -0.25) is 0 Å². The molecule has 0 aliphatic carbocycles. The van der Waals surface area contributed by atoms with Crippen molar-refractivity contribution in [2.45, 2.75) is 20.0 Å². The number of nitrogens with zero attached hydrogens (tertiary/aromatic N) is 2. The summed E-state index contributed by atoms with van der Waals surface area (Å²) >= 11 is 0. The second kappa shape index (κ2) is 5.80. The van der Waals surface area contributed by atoms with Crippen LogP contribution < -0.4 is 4.90 Å². The minimum Gasteiger partial charge on any atom is -0.389 e. The second-order valence-electron chi connectivity index (χ2n) is 4.34. The van der Waals surface area contributed by atoms with Crippen LogP contribution in [0, 0.1) is 5.82 Å². The summed E-state index contributed by atoms with van der Waals surface area (Å²) < 4.78 is 13.0. The maximum atomic E-state index is 13.0. The summed E-state index contributed by atoms with van der Waals surface area (Å²) in [5.41, 5.74) is 1.68. The molecule has 2 aromatic rings. The normalized spacial score (nSPS) is 12.2. The van der Waals surface area contributed by atoms with Crippen LogP contribution in [0.15, 0.2) is 42.6 Å². The first-order valence-electron chi connectivity index (χ1n) is 6.29. The van der Waals surface area contributed by atoms with Crippen LogP contribution in [0.1, 0.15) is 25.5 Å². The van der Waals surface area contributed by atoms with Gasteiger partial charge in [-0.05, 0) is 55.8 Å². The van der Waals surface area contributed by atoms with Crippen LogP contribution in [0.4, 0.5) is 15.9 Å². The largest absolute Gasteiger partial charge is 0.389 e. The first-order valence-corrected chi connectivity index (χ1v) is 6.29. The molecule has 0 amide bonds. The summed E-state index contributed by atoms with van der Waals surface area (Å²) in [5.74, 6) is 0.484. The van der Waals surface area contributed by atoms with Crippen molar-refractivity contribution >= 4 is 11.5 Å². The molecule has 0 spiro atoms. The molecule has 0 saturated carbocycles. The summed E-state index contributed by atoms with van der Waals surface area (Å²) in [6.07, 6.45) is 1.14. The summed E-state index contributed by atoms with van der Waals surface area (Å²) in [6, 6.07) is 9.92. The van der Waals surface area contributed by atoms with Gasteiger partial charge in [0.25, 0.3) is 0 Å². The molecule has 0 aliphatic rings. The zero-order chi connectivity index (χ0) is 13.8. The SMILES string of the molecule is CCN(c1ccc(F)cc1)c1cc(C(C)O)ccn1. The predicted octanol–water partition coefficient (Wildman–Crippen LogP) is 3.43. The number of pyridine rings is 1. The fourth-order valence-electron chi connectivity index (χ4n) is 1.94. The third-order valence-corrected chi connectivity index (χ3v) is 2.98. The molecule has 1 N–H and O–H groups in total. The van der Waals surface area contributed by atoms with Crippen molar-refractivity contribution < 1.29 is 9.50 Å². The third kappa shape index (κ3) is 3.09. The molecule has 100 valence electrons. The predicted molar refractivity (Wildman–Crippen MR) is 74.0 cm³/mol. The summed E-state index contributed by atoms with van der Waals surface area (Å²) in [6.45, 7) is 4.43. The van der Waals surface area contributed by atoms with Crippen LogP contribution >= 0.6 is 0 Å². The van der Waals surface area contributed by atoms with Crippen molar-refractivity contribution in [1.82, 2.24) is 4.98 Å². The van der Waals surface area contributed by atoms with E-state index in [4.69, 9.17) is 0 Å². The molecule has 0 saturated heterocycles. The van der Waals surface area contributed by atoms with E-state index in [0.717, 1.165) is 17.1 Å². The number of hydrogen-bond donors (Lipinski definition) is 1. The maximum absolute atomic E-state index is 13.0. The van der Waals surface area contributed by atoms with E-state index in [-0.39, 0.29) is 5.82 Å². The number of aliphatic hydroxyl groups excluding tert-OH is 1. The fraction of sp³-hybridized carbons (Fsp3) is 0.267. The Morgan fingerprint density at radius 2 is 1.95 bits per heavy atom. The molecule has 1 heterocycles. The molecule has 19 heavy (non-hydrogen) atoms. The van der Waals surface area contributed by atoms with E-state index in [9.17, 15) is 9.50 Å². The van der Waals surface area contributed by atoms with Crippen molar-refractivity contribution in [3.63, 3.8) is 0 Å². The summed E-state index contributed by atoms with van der Waals surface area (Å²) in [4.78, 5) is 6.28. The lowest BCUT2D eigenvalue weighted by molar-refractivity contribution is 0.199. The lowest BCUT2D eigenvalue weighted by atomic mass is 10.1. The lowest BCUT2D eigenvalue weighted by Gasteiger charge is -2.22. The van der Waals surface area contributed by atoms with Crippen molar-refractivity contribution in [2.75, 3.05) is 11.4 Å². The highest BCUT2D eigenvalue weighted by molar-refractivity contribution is 5.60. The van der Waals surface area contributed by atoms with Crippen molar-refractivity contribution in [2.24, 2.45) is 0 Å². The molecular weight excluding hydrogens is 243 g/mol. The van der Waals surface area contributed by atoms with E-state index in [1.54, 1.807) is 31.3 Å². The first-order chi connectivity index (χ1) is 9.11. The van der Waals surface area contributed by atoms with Gasteiger partial charge in [0.1, 0.15) is 11.6 Å². The molecule has 0 aliphatic heterocycles. The second-order valence-corrected chi connectivity index (χ2v) is 4.34. The van der Waals surface area contributed by atoms with E-state index >= 15 is 0 Å². The average molecular weight is 260 g/mol. The van der Waals surface area contributed by atoms with Gasteiger partial charge < -0.3 is 10.0 Å². The van der Waals surface area contributed by atoms with Gasteiger partial charge in [-0.25, -0.2) is 9.37 Å². The zero-order valence-electron chi connectivity index (χ0n) is 11.0. The highest BCUT2D eigenvalue weighted by Gasteiger charge is 2.10. The van der Waals surface area contributed by atoms with E-state index < -0.39 is 6.10 Å². The Labute approximate surface area is 112 Å². The van der Waals surface area contributed by atoms with Crippen LogP contribution in [0.5, 0.6) is 0 Å². The van der Waals surface area contributed by atoms with Gasteiger partial charge >= 0.3 is 0 Å². The van der Waals surface area contributed by atoms with Gasteiger partial charge in [0.15, 0.2) is 0 Å². The van der Waals surface area contributed by atoms with E-state index in [1.165, 1.54) is 12.1 Å². The Balaban J connectivity index is 2.36. The number of benzene rings is 1. The first kappa shape index (κ1) is 13.5. The van der Waals surface area contributed by atoms with Gasteiger partial charge in [-0.1, -0.05) is 0 Å². The van der Waals surface area contributed by atoms with Crippen molar-refractivity contribution in [3.8, 4) is 0 Å².